The maximum Gasteiger partial charge on any atom is 0.422 e. The predicted octanol–water partition coefficient (Wildman–Crippen LogP) is 3.29. The first-order valence-electron chi connectivity index (χ1n) is 13.0. The van der Waals surface area contributed by atoms with Gasteiger partial charge in [-0.15, -0.1) is 0 Å². The first-order valence-corrected chi connectivity index (χ1v) is 13.0. The van der Waals surface area contributed by atoms with Crippen LogP contribution in [0, 0.1) is 0 Å². The van der Waals surface area contributed by atoms with Gasteiger partial charge in [0.25, 0.3) is 5.91 Å². The first-order chi connectivity index (χ1) is 18.2. The van der Waals surface area contributed by atoms with Crippen LogP contribution in [0.4, 0.5) is 18.9 Å². The Bertz CT molecular complexity index is 1180. The van der Waals surface area contributed by atoms with Crippen molar-refractivity contribution in [3.8, 4) is 5.88 Å². The van der Waals surface area contributed by atoms with Crippen LogP contribution < -0.4 is 15.4 Å². The van der Waals surface area contributed by atoms with E-state index in [0.29, 0.717) is 30.7 Å². The van der Waals surface area contributed by atoms with Crippen molar-refractivity contribution >= 4 is 17.5 Å². The van der Waals surface area contributed by atoms with Crippen molar-refractivity contribution < 1.29 is 32.2 Å². The number of halogens is 3. The van der Waals surface area contributed by atoms with Crippen LogP contribution in [0.5, 0.6) is 5.88 Å². The molecule has 3 aliphatic rings. The second-order valence-corrected chi connectivity index (χ2v) is 10.1. The predicted molar refractivity (Wildman–Crippen MR) is 133 cm³/mol. The molecule has 3 aliphatic heterocycles. The molecule has 2 amide bonds. The molecule has 0 unspecified atom stereocenters. The SMILES string of the molecule is O=C1Cc2cccc(C(=O)N[C@H]3CC[C@H](CCN4CCc5ccc(OCC(F)(F)F)nc5CC4)OC3)c2N1. The van der Waals surface area contributed by atoms with E-state index in [1.165, 1.54) is 6.07 Å². The zero-order chi connectivity index (χ0) is 26.7. The zero-order valence-electron chi connectivity index (χ0n) is 21.0. The van der Waals surface area contributed by atoms with Crippen LogP contribution in [-0.4, -0.2) is 72.9 Å². The van der Waals surface area contributed by atoms with Gasteiger partial charge in [0, 0.05) is 37.8 Å². The summed E-state index contributed by atoms with van der Waals surface area (Å²) < 4.78 is 48.2. The van der Waals surface area contributed by atoms with Gasteiger partial charge in [-0.25, -0.2) is 4.98 Å². The summed E-state index contributed by atoms with van der Waals surface area (Å²) in [5.74, 6) is -0.303. The maximum absolute atomic E-state index is 12.8. The van der Waals surface area contributed by atoms with Crippen LogP contribution in [0.3, 0.4) is 0 Å². The fraction of sp³-hybridized carbons (Fsp3) is 0.519. The number of aromatic nitrogens is 1. The third-order valence-electron chi connectivity index (χ3n) is 7.27. The number of anilines is 1. The molecule has 2 atom stereocenters. The molecule has 11 heteroatoms. The third-order valence-corrected chi connectivity index (χ3v) is 7.27. The molecule has 4 heterocycles. The van der Waals surface area contributed by atoms with Crippen LogP contribution in [0.25, 0.3) is 0 Å². The van der Waals surface area contributed by atoms with Gasteiger partial charge < -0.3 is 25.0 Å². The van der Waals surface area contributed by atoms with Crippen molar-refractivity contribution in [3.05, 3.63) is 52.7 Å². The largest absolute Gasteiger partial charge is 0.468 e. The average Bonchev–Trinajstić information content (AvgIpc) is 3.16. The van der Waals surface area contributed by atoms with Gasteiger partial charge in [-0.3, -0.25) is 9.59 Å². The smallest absolute Gasteiger partial charge is 0.422 e. The van der Waals surface area contributed by atoms with E-state index in [4.69, 9.17) is 9.47 Å². The van der Waals surface area contributed by atoms with Crippen LogP contribution in [-0.2, 0) is 28.8 Å². The number of carbonyl (C=O) groups excluding carboxylic acids is 2. The van der Waals surface area contributed by atoms with E-state index in [1.807, 2.05) is 12.1 Å². The van der Waals surface area contributed by atoms with E-state index in [-0.39, 0.29) is 29.8 Å². The van der Waals surface area contributed by atoms with Crippen LogP contribution in [0.1, 0.15) is 46.4 Å². The van der Waals surface area contributed by atoms with Crippen molar-refractivity contribution in [1.82, 2.24) is 15.2 Å². The minimum atomic E-state index is -4.39. The average molecular weight is 533 g/mol. The van der Waals surface area contributed by atoms with Gasteiger partial charge in [-0.1, -0.05) is 18.2 Å². The molecule has 8 nitrogen and oxygen atoms in total. The summed E-state index contributed by atoms with van der Waals surface area (Å²) in [5.41, 5.74) is 3.76. The number of fused-ring (bicyclic) bond motifs is 2. The molecule has 0 bridgehead atoms. The number of nitrogens with one attached hydrogen (secondary N) is 2. The number of amides is 2. The number of benzene rings is 1. The Morgan fingerprint density at radius 2 is 2.00 bits per heavy atom. The van der Waals surface area contributed by atoms with Crippen molar-refractivity contribution in [2.24, 2.45) is 0 Å². The molecule has 5 rings (SSSR count). The lowest BCUT2D eigenvalue weighted by atomic mass is 10.0. The summed E-state index contributed by atoms with van der Waals surface area (Å²) in [6, 6.07) is 8.60. The Balaban J connectivity index is 1.05. The van der Waals surface area contributed by atoms with Gasteiger partial charge in [0.05, 0.1) is 36.4 Å². The summed E-state index contributed by atoms with van der Waals surface area (Å²) >= 11 is 0. The number of para-hydroxylation sites is 1. The van der Waals surface area contributed by atoms with Crippen molar-refractivity contribution in [2.75, 3.05) is 38.2 Å². The van der Waals surface area contributed by atoms with Gasteiger partial charge in [0.15, 0.2) is 6.61 Å². The molecule has 0 saturated carbocycles. The number of hydrogen-bond donors (Lipinski definition) is 2. The van der Waals surface area contributed by atoms with Gasteiger partial charge in [-0.2, -0.15) is 13.2 Å². The standard InChI is InChI=1S/C27H31F3N4O4/c28-27(29,30)16-38-24-7-4-17-8-11-34(13-10-22(17)32-24)12-9-20-6-5-19(15-37-20)31-26(36)21-3-1-2-18-14-23(35)33-25(18)21/h1-4,7,19-20H,5-6,8-16H2,(H,31,36)(H,33,35)/t19-,20+/m0/s1. The zero-order valence-corrected chi connectivity index (χ0v) is 21.0. The summed E-state index contributed by atoms with van der Waals surface area (Å²) in [6.45, 7) is 1.56. The summed E-state index contributed by atoms with van der Waals surface area (Å²) in [6.07, 6.45) is -0.0385. The topological polar surface area (TPSA) is 92.8 Å². The maximum atomic E-state index is 12.8. The second kappa shape index (κ2) is 11.3. The lowest BCUT2D eigenvalue weighted by Gasteiger charge is -2.31. The van der Waals surface area contributed by atoms with Gasteiger partial charge in [0.1, 0.15) is 0 Å². The lowest BCUT2D eigenvalue weighted by molar-refractivity contribution is -0.154. The van der Waals surface area contributed by atoms with E-state index in [9.17, 15) is 22.8 Å². The fourth-order valence-electron chi connectivity index (χ4n) is 5.25. The highest BCUT2D eigenvalue weighted by Crippen LogP contribution is 2.28. The van der Waals surface area contributed by atoms with Crippen LogP contribution in [0.15, 0.2) is 30.3 Å². The number of pyridine rings is 1. The molecule has 1 fully saturated rings. The molecule has 38 heavy (non-hydrogen) atoms. The van der Waals surface area contributed by atoms with Gasteiger partial charge >= 0.3 is 6.18 Å². The molecule has 0 radical (unpaired) electrons. The van der Waals surface area contributed by atoms with Crippen molar-refractivity contribution in [1.29, 1.82) is 0 Å². The van der Waals surface area contributed by atoms with E-state index >= 15 is 0 Å². The highest BCUT2D eigenvalue weighted by Gasteiger charge is 2.29. The Kier molecular flexibility index (Phi) is 7.85. The molecule has 0 aliphatic carbocycles. The number of rotatable bonds is 7. The number of ether oxygens (including phenoxy) is 2. The van der Waals surface area contributed by atoms with E-state index in [0.717, 1.165) is 62.1 Å². The number of nitrogens with zero attached hydrogens (tertiary/aromatic N) is 2. The molecule has 0 spiro atoms. The number of hydrogen-bond acceptors (Lipinski definition) is 6. The Hall–Kier alpha value is -3.18. The van der Waals surface area contributed by atoms with E-state index in [2.05, 4.69) is 20.5 Å². The Morgan fingerprint density at radius 1 is 1.16 bits per heavy atom. The number of alkyl halides is 3. The molecule has 1 saturated heterocycles. The summed E-state index contributed by atoms with van der Waals surface area (Å²) in [5, 5.41) is 5.82. The minimum Gasteiger partial charge on any atom is -0.468 e. The first kappa shape index (κ1) is 26.4. The molecule has 2 N–H and O–H groups in total. The third kappa shape index (κ3) is 6.63. The number of carbonyl (C=O) groups is 2. The lowest BCUT2D eigenvalue weighted by Crippen LogP contribution is -2.43. The van der Waals surface area contributed by atoms with E-state index in [1.54, 1.807) is 12.1 Å². The van der Waals surface area contributed by atoms with Crippen molar-refractivity contribution in [2.45, 2.75) is 56.8 Å². The molecule has 2 aromatic rings. The Labute approximate surface area is 218 Å². The molecule has 1 aromatic heterocycles. The second-order valence-electron chi connectivity index (χ2n) is 10.1. The highest BCUT2D eigenvalue weighted by atomic mass is 19.4. The normalized spacial score (nSPS) is 21.7. The highest BCUT2D eigenvalue weighted by molar-refractivity contribution is 6.08. The summed E-state index contributed by atoms with van der Waals surface area (Å²) in [4.78, 5) is 31.2. The van der Waals surface area contributed by atoms with E-state index < -0.39 is 12.8 Å². The fourth-order valence-corrected chi connectivity index (χ4v) is 5.25. The quantitative estimate of drug-likeness (QED) is 0.569. The molecular weight excluding hydrogens is 501 g/mol. The molecular formula is C27H31F3N4O4. The van der Waals surface area contributed by atoms with Gasteiger partial charge in [-0.05, 0) is 42.9 Å². The van der Waals surface area contributed by atoms with Crippen LogP contribution >= 0.6 is 0 Å². The monoisotopic (exact) mass is 532 g/mol. The summed E-state index contributed by atoms with van der Waals surface area (Å²) in [7, 11) is 0. The van der Waals surface area contributed by atoms with Gasteiger partial charge in [0.2, 0.25) is 11.8 Å². The molecule has 204 valence electrons. The van der Waals surface area contributed by atoms with Crippen molar-refractivity contribution in [3.63, 3.8) is 0 Å². The minimum absolute atomic E-state index is 0.00757. The molecule has 1 aromatic carbocycles. The van der Waals surface area contributed by atoms with Crippen LogP contribution in [0.2, 0.25) is 0 Å². The Morgan fingerprint density at radius 3 is 2.79 bits per heavy atom.